The molecule has 0 aliphatic carbocycles. The maximum Gasteiger partial charge on any atom is 0.157 e. The van der Waals surface area contributed by atoms with Crippen LogP contribution in [0.3, 0.4) is 0 Å². The van der Waals surface area contributed by atoms with E-state index in [0.29, 0.717) is 0 Å². The second-order valence-corrected chi connectivity index (χ2v) is 5.30. The lowest BCUT2D eigenvalue weighted by molar-refractivity contribution is 0.823. The summed E-state index contributed by atoms with van der Waals surface area (Å²) in [5.41, 5.74) is 5.23. The zero-order chi connectivity index (χ0) is 15.0. The second-order valence-electron chi connectivity index (χ2n) is 5.30. The largest absolute Gasteiger partial charge is 0.363 e. The SMILES string of the molecule is CCc1cc(N[C@H](C)c2c(C)n[nH]c2C)n2nccc2n1. The molecule has 3 rings (SSSR count). The van der Waals surface area contributed by atoms with Crippen LogP contribution in [-0.4, -0.2) is 24.8 Å². The first-order chi connectivity index (χ1) is 10.1. The molecule has 0 saturated carbocycles. The van der Waals surface area contributed by atoms with Crippen molar-refractivity contribution in [3.63, 3.8) is 0 Å². The van der Waals surface area contributed by atoms with Crippen LogP contribution in [0.4, 0.5) is 5.82 Å². The zero-order valence-corrected chi connectivity index (χ0v) is 12.8. The number of nitrogens with one attached hydrogen (secondary N) is 2. The Morgan fingerprint density at radius 2 is 2.19 bits per heavy atom. The van der Waals surface area contributed by atoms with Crippen molar-refractivity contribution in [2.75, 3.05) is 5.32 Å². The molecule has 0 saturated heterocycles. The third kappa shape index (κ3) is 2.37. The summed E-state index contributed by atoms with van der Waals surface area (Å²) in [6.07, 6.45) is 2.67. The fourth-order valence-corrected chi connectivity index (χ4v) is 2.74. The van der Waals surface area contributed by atoms with E-state index in [9.17, 15) is 0 Å². The van der Waals surface area contributed by atoms with Crippen LogP contribution in [0, 0.1) is 13.8 Å². The van der Waals surface area contributed by atoms with Gasteiger partial charge in [0.05, 0.1) is 17.9 Å². The summed E-state index contributed by atoms with van der Waals surface area (Å²) in [7, 11) is 0. The van der Waals surface area contributed by atoms with E-state index in [-0.39, 0.29) is 6.04 Å². The summed E-state index contributed by atoms with van der Waals surface area (Å²) in [4.78, 5) is 4.56. The number of rotatable bonds is 4. The minimum Gasteiger partial charge on any atom is -0.363 e. The molecule has 0 amide bonds. The van der Waals surface area contributed by atoms with Gasteiger partial charge < -0.3 is 5.32 Å². The first-order valence-electron chi connectivity index (χ1n) is 7.21. The van der Waals surface area contributed by atoms with Crippen molar-refractivity contribution >= 4 is 11.5 Å². The molecule has 3 heterocycles. The molecule has 6 heteroatoms. The molecule has 0 aromatic carbocycles. The van der Waals surface area contributed by atoms with Crippen LogP contribution in [0.25, 0.3) is 5.65 Å². The van der Waals surface area contributed by atoms with Crippen LogP contribution in [0.1, 0.15) is 42.5 Å². The smallest absolute Gasteiger partial charge is 0.157 e. The van der Waals surface area contributed by atoms with Crippen molar-refractivity contribution in [2.24, 2.45) is 0 Å². The molecule has 3 aromatic rings. The Hall–Kier alpha value is -2.37. The van der Waals surface area contributed by atoms with Crippen LogP contribution >= 0.6 is 0 Å². The van der Waals surface area contributed by atoms with Gasteiger partial charge in [-0.1, -0.05) is 6.92 Å². The lowest BCUT2D eigenvalue weighted by Gasteiger charge is -2.17. The Kier molecular flexibility index (Phi) is 3.37. The zero-order valence-electron chi connectivity index (χ0n) is 12.8. The second kappa shape index (κ2) is 5.20. The Morgan fingerprint density at radius 3 is 2.86 bits per heavy atom. The molecule has 2 N–H and O–H groups in total. The molecule has 0 unspecified atom stereocenters. The van der Waals surface area contributed by atoms with Crippen molar-refractivity contribution in [1.82, 2.24) is 24.8 Å². The van der Waals surface area contributed by atoms with Crippen molar-refractivity contribution in [1.29, 1.82) is 0 Å². The molecule has 0 aliphatic heterocycles. The highest BCUT2D eigenvalue weighted by Crippen LogP contribution is 2.24. The lowest BCUT2D eigenvalue weighted by atomic mass is 10.1. The summed E-state index contributed by atoms with van der Waals surface area (Å²) in [5.74, 6) is 0.953. The van der Waals surface area contributed by atoms with Gasteiger partial charge in [-0.05, 0) is 27.2 Å². The molecule has 6 nitrogen and oxygen atoms in total. The van der Waals surface area contributed by atoms with Gasteiger partial charge >= 0.3 is 0 Å². The summed E-state index contributed by atoms with van der Waals surface area (Å²) < 4.78 is 1.83. The quantitative estimate of drug-likeness (QED) is 0.773. The van der Waals surface area contributed by atoms with E-state index < -0.39 is 0 Å². The molecule has 0 aliphatic rings. The molecule has 1 atom stereocenters. The molecule has 110 valence electrons. The minimum absolute atomic E-state index is 0.142. The summed E-state index contributed by atoms with van der Waals surface area (Å²) in [6.45, 7) is 8.30. The molecular weight excluding hydrogens is 264 g/mol. The molecule has 0 spiro atoms. The predicted molar refractivity (Wildman–Crippen MR) is 82.5 cm³/mol. The van der Waals surface area contributed by atoms with Crippen LogP contribution in [0.2, 0.25) is 0 Å². The van der Waals surface area contributed by atoms with E-state index in [1.165, 1.54) is 5.56 Å². The average Bonchev–Trinajstić information content (AvgIpc) is 3.05. The third-order valence-electron chi connectivity index (χ3n) is 3.76. The number of aromatic amines is 1. The number of anilines is 1. The van der Waals surface area contributed by atoms with Gasteiger partial charge in [0, 0.05) is 29.1 Å². The van der Waals surface area contributed by atoms with E-state index >= 15 is 0 Å². The molecule has 21 heavy (non-hydrogen) atoms. The van der Waals surface area contributed by atoms with E-state index in [4.69, 9.17) is 0 Å². The van der Waals surface area contributed by atoms with Gasteiger partial charge in [-0.25, -0.2) is 4.98 Å². The van der Waals surface area contributed by atoms with Gasteiger partial charge in [0.1, 0.15) is 5.82 Å². The van der Waals surface area contributed by atoms with Gasteiger partial charge in [0.15, 0.2) is 5.65 Å². The van der Waals surface area contributed by atoms with E-state index in [1.807, 2.05) is 24.4 Å². The van der Waals surface area contributed by atoms with Crippen molar-refractivity contribution < 1.29 is 0 Å². The Labute approximate surface area is 123 Å². The number of H-pyrrole nitrogens is 1. The van der Waals surface area contributed by atoms with Gasteiger partial charge in [-0.15, -0.1) is 0 Å². The van der Waals surface area contributed by atoms with Crippen LogP contribution in [0.5, 0.6) is 0 Å². The predicted octanol–water partition coefficient (Wildman–Crippen LogP) is 2.80. The highest BCUT2D eigenvalue weighted by atomic mass is 15.3. The fourth-order valence-electron chi connectivity index (χ4n) is 2.74. The minimum atomic E-state index is 0.142. The number of nitrogens with zero attached hydrogens (tertiary/aromatic N) is 4. The van der Waals surface area contributed by atoms with Crippen molar-refractivity contribution in [3.05, 3.63) is 41.0 Å². The number of aromatic nitrogens is 5. The third-order valence-corrected chi connectivity index (χ3v) is 3.76. The number of fused-ring (bicyclic) bond motifs is 1. The first kappa shape index (κ1) is 13.6. The molecule has 0 fully saturated rings. The summed E-state index contributed by atoms with van der Waals surface area (Å²) in [6, 6.07) is 4.12. The monoisotopic (exact) mass is 284 g/mol. The first-order valence-corrected chi connectivity index (χ1v) is 7.21. The Bertz CT molecular complexity index is 750. The number of hydrogen-bond donors (Lipinski definition) is 2. The maximum absolute atomic E-state index is 4.56. The maximum atomic E-state index is 4.56. The van der Waals surface area contributed by atoms with Crippen molar-refractivity contribution in [2.45, 2.75) is 40.2 Å². The molecule has 0 bridgehead atoms. The van der Waals surface area contributed by atoms with E-state index in [2.05, 4.69) is 45.5 Å². The Balaban J connectivity index is 1.99. The number of aryl methyl sites for hydroxylation is 3. The average molecular weight is 284 g/mol. The van der Waals surface area contributed by atoms with Gasteiger partial charge in [-0.3, -0.25) is 5.10 Å². The highest BCUT2D eigenvalue weighted by molar-refractivity contribution is 5.50. The number of hydrogen-bond acceptors (Lipinski definition) is 4. The van der Waals surface area contributed by atoms with Crippen LogP contribution in [0.15, 0.2) is 18.3 Å². The molecule has 3 aromatic heterocycles. The lowest BCUT2D eigenvalue weighted by Crippen LogP contribution is -2.13. The topological polar surface area (TPSA) is 70.9 Å². The summed E-state index contributed by atoms with van der Waals surface area (Å²) in [5, 5.41) is 15.2. The van der Waals surface area contributed by atoms with Crippen molar-refractivity contribution in [3.8, 4) is 0 Å². The van der Waals surface area contributed by atoms with Gasteiger partial charge in [0.2, 0.25) is 0 Å². The molecule has 0 radical (unpaired) electrons. The van der Waals surface area contributed by atoms with Crippen LogP contribution < -0.4 is 5.32 Å². The highest BCUT2D eigenvalue weighted by Gasteiger charge is 2.16. The standard InChI is InChI=1S/C15H20N6/c1-5-12-8-14(21-13(18-12)6-7-16-21)17-9(2)15-10(3)19-20-11(15)4/h6-9,17H,5H2,1-4H3,(H,19,20)/t9-/m1/s1. The van der Waals surface area contributed by atoms with Gasteiger partial charge in [-0.2, -0.15) is 14.7 Å². The van der Waals surface area contributed by atoms with E-state index in [1.54, 1.807) is 6.20 Å². The van der Waals surface area contributed by atoms with Crippen LogP contribution in [-0.2, 0) is 6.42 Å². The van der Waals surface area contributed by atoms with E-state index in [0.717, 1.165) is 35.0 Å². The summed E-state index contributed by atoms with van der Waals surface area (Å²) >= 11 is 0. The normalized spacial score (nSPS) is 12.8. The van der Waals surface area contributed by atoms with Gasteiger partial charge in [0.25, 0.3) is 0 Å². The molecular formula is C15H20N6. The fraction of sp³-hybridized carbons (Fsp3) is 0.400. The Morgan fingerprint density at radius 1 is 1.38 bits per heavy atom.